The predicted molar refractivity (Wildman–Crippen MR) is 156 cm³/mol. The Labute approximate surface area is 245 Å². The SMILES string of the molecule is CC(C)(O)C(=O)c1ccc(CBr)cc1.CC(C)(O)C(=O)c1ccc(COCCOCCOCCOCCO)cc1. The van der Waals surface area contributed by atoms with Crippen molar-refractivity contribution in [2.45, 2.75) is 50.8 Å². The molecule has 0 aromatic heterocycles. The Hall–Kier alpha value is -2.02. The maximum Gasteiger partial charge on any atom is 0.193 e. The van der Waals surface area contributed by atoms with Crippen LogP contribution in [0.2, 0.25) is 0 Å². The van der Waals surface area contributed by atoms with Gasteiger partial charge in [0.25, 0.3) is 0 Å². The predicted octanol–water partition coefficient (Wildman–Crippen LogP) is 3.73. The lowest BCUT2D eigenvalue weighted by molar-refractivity contribution is -0.00743. The van der Waals surface area contributed by atoms with Crippen LogP contribution < -0.4 is 0 Å². The lowest BCUT2D eigenvalue weighted by atomic mass is 9.96. The van der Waals surface area contributed by atoms with Crippen molar-refractivity contribution in [3.8, 4) is 0 Å². The van der Waals surface area contributed by atoms with Gasteiger partial charge in [0, 0.05) is 16.5 Å². The van der Waals surface area contributed by atoms with Gasteiger partial charge < -0.3 is 34.3 Å². The summed E-state index contributed by atoms with van der Waals surface area (Å²) in [5.74, 6) is -0.556. The van der Waals surface area contributed by atoms with Gasteiger partial charge in [-0.3, -0.25) is 9.59 Å². The van der Waals surface area contributed by atoms with E-state index in [1.54, 1.807) is 24.3 Å². The molecule has 3 N–H and O–H groups in total. The molecule has 0 aliphatic heterocycles. The second-order valence-electron chi connectivity index (χ2n) is 9.92. The molecule has 0 saturated carbocycles. The van der Waals surface area contributed by atoms with Gasteiger partial charge >= 0.3 is 0 Å². The first-order valence-corrected chi connectivity index (χ1v) is 14.2. The minimum absolute atomic E-state index is 0.0201. The first-order chi connectivity index (χ1) is 18.9. The van der Waals surface area contributed by atoms with E-state index in [9.17, 15) is 19.8 Å². The number of Topliss-reactive ketones (excluding diaryl/α,β-unsaturated/α-hetero) is 2. The van der Waals surface area contributed by atoms with Gasteiger partial charge in [0.15, 0.2) is 11.6 Å². The van der Waals surface area contributed by atoms with Crippen LogP contribution in [0.4, 0.5) is 0 Å². The molecule has 2 aromatic rings. The van der Waals surface area contributed by atoms with Gasteiger partial charge in [-0.1, -0.05) is 64.5 Å². The number of rotatable bonds is 18. The molecule has 0 fully saturated rings. The highest BCUT2D eigenvalue weighted by Crippen LogP contribution is 2.15. The normalized spacial score (nSPS) is 11.6. The second kappa shape index (κ2) is 19.2. The standard InChI is InChI=1S/C19H30O7.C11H13BrO2/c1-19(2,22)18(21)17-5-3-16(4-6-17)15-26-14-13-25-12-11-24-10-9-23-8-7-20;1-11(2,14)10(13)9-5-3-8(7-12)4-6-9/h3-6,20,22H,7-15H2,1-2H3;3-6,14H,7H2,1-2H3. The fourth-order valence-corrected chi connectivity index (χ4v) is 3.49. The Kier molecular flexibility index (Phi) is 17.3. The van der Waals surface area contributed by atoms with Crippen molar-refractivity contribution in [1.82, 2.24) is 0 Å². The molecule has 0 spiro atoms. The van der Waals surface area contributed by atoms with E-state index in [4.69, 9.17) is 24.1 Å². The van der Waals surface area contributed by atoms with Crippen LogP contribution in [-0.2, 0) is 30.9 Å². The van der Waals surface area contributed by atoms with Crippen molar-refractivity contribution in [3.05, 3.63) is 70.8 Å². The molecule has 0 amide bonds. The highest BCUT2D eigenvalue weighted by Gasteiger charge is 2.25. The molecule has 0 radical (unpaired) electrons. The molecule has 2 aromatic carbocycles. The van der Waals surface area contributed by atoms with E-state index in [1.807, 2.05) is 24.3 Å². The number of benzene rings is 2. The van der Waals surface area contributed by atoms with Gasteiger partial charge in [0.1, 0.15) is 11.2 Å². The van der Waals surface area contributed by atoms with Crippen LogP contribution >= 0.6 is 15.9 Å². The summed E-state index contributed by atoms with van der Waals surface area (Å²) in [6, 6.07) is 14.2. The number of halogens is 1. The zero-order valence-electron chi connectivity index (χ0n) is 23.9. The minimum Gasteiger partial charge on any atom is -0.394 e. The molecule has 0 bridgehead atoms. The number of aliphatic hydroxyl groups excluding tert-OH is 1. The largest absolute Gasteiger partial charge is 0.394 e. The van der Waals surface area contributed by atoms with E-state index >= 15 is 0 Å². The molecule has 0 aliphatic carbocycles. The molecule has 0 aliphatic rings. The van der Waals surface area contributed by atoms with E-state index < -0.39 is 11.2 Å². The molecule has 224 valence electrons. The van der Waals surface area contributed by atoms with Crippen LogP contribution in [0.3, 0.4) is 0 Å². The third kappa shape index (κ3) is 15.1. The Morgan fingerprint density at radius 2 is 0.975 bits per heavy atom. The Morgan fingerprint density at radius 1 is 0.625 bits per heavy atom. The summed E-state index contributed by atoms with van der Waals surface area (Å²) in [5.41, 5.74) is 0.413. The molecular formula is C30H43BrO9. The van der Waals surface area contributed by atoms with Crippen LogP contribution in [0.1, 0.15) is 59.5 Å². The highest BCUT2D eigenvalue weighted by atomic mass is 79.9. The molecule has 10 heteroatoms. The monoisotopic (exact) mass is 626 g/mol. The summed E-state index contributed by atoms with van der Waals surface area (Å²) in [6.45, 7) is 9.56. The number of hydrogen-bond acceptors (Lipinski definition) is 9. The molecule has 0 heterocycles. The van der Waals surface area contributed by atoms with E-state index in [-0.39, 0.29) is 18.2 Å². The van der Waals surface area contributed by atoms with Crippen molar-refractivity contribution >= 4 is 27.5 Å². The van der Waals surface area contributed by atoms with E-state index in [0.29, 0.717) is 64.0 Å². The average Bonchev–Trinajstić information content (AvgIpc) is 2.92. The first kappa shape index (κ1) is 36.0. The van der Waals surface area contributed by atoms with Crippen LogP contribution in [-0.4, -0.2) is 90.9 Å². The Bertz CT molecular complexity index is 978. The molecule has 0 atom stereocenters. The van der Waals surface area contributed by atoms with Gasteiger partial charge in [-0.25, -0.2) is 0 Å². The van der Waals surface area contributed by atoms with Crippen LogP contribution in [0.15, 0.2) is 48.5 Å². The van der Waals surface area contributed by atoms with Gasteiger partial charge in [0.2, 0.25) is 0 Å². The van der Waals surface area contributed by atoms with Crippen molar-refractivity contribution in [2.24, 2.45) is 0 Å². The topological polar surface area (TPSA) is 132 Å². The molecule has 0 unspecified atom stereocenters. The summed E-state index contributed by atoms with van der Waals surface area (Å²) in [7, 11) is 0. The fourth-order valence-electron chi connectivity index (χ4n) is 3.12. The highest BCUT2D eigenvalue weighted by molar-refractivity contribution is 9.08. The van der Waals surface area contributed by atoms with Gasteiger partial charge in [-0.15, -0.1) is 0 Å². The van der Waals surface area contributed by atoms with Gasteiger partial charge in [-0.05, 0) is 38.8 Å². The minimum atomic E-state index is -1.37. The molecule has 0 saturated heterocycles. The fraction of sp³-hybridized carbons (Fsp3) is 0.533. The average molecular weight is 628 g/mol. The van der Waals surface area contributed by atoms with E-state index in [2.05, 4.69) is 15.9 Å². The summed E-state index contributed by atoms with van der Waals surface area (Å²) in [6.07, 6.45) is 0. The maximum atomic E-state index is 11.9. The maximum absolute atomic E-state index is 11.9. The first-order valence-electron chi connectivity index (χ1n) is 13.1. The third-order valence-electron chi connectivity index (χ3n) is 5.32. The third-order valence-corrected chi connectivity index (χ3v) is 5.97. The lowest BCUT2D eigenvalue weighted by Gasteiger charge is -2.15. The summed E-state index contributed by atoms with van der Waals surface area (Å²) in [5, 5.41) is 28.5. The molecule has 40 heavy (non-hydrogen) atoms. The molecular weight excluding hydrogens is 584 g/mol. The Balaban J connectivity index is 0.000000479. The van der Waals surface area contributed by atoms with Crippen molar-refractivity contribution in [2.75, 3.05) is 52.9 Å². The van der Waals surface area contributed by atoms with Crippen molar-refractivity contribution < 1.29 is 43.9 Å². The summed E-state index contributed by atoms with van der Waals surface area (Å²) in [4.78, 5) is 23.5. The number of aliphatic hydroxyl groups is 3. The lowest BCUT2D eigenvalue weighted by Crippen LogP contribution is -2.31. The Morgan fingerprint density at radius 3 is 1.32 bits per heavy atom. The number of ketones is 2. The number of carbonyl (C=O) groups is 2. The van der Waals surface area contributed by atoms with Crippen molar-refractivity contribution in [3.63, 3.8) is 0 Å². The quantitative estimate of drug-likeness (QED) is 0.129. The van der Waals surface area contributed by atoms with Crippen LogP contribution in [0.25, 0.3) is 0 Å². The van der Waals surface area contributed by atoms with Crippen LogP contribution in [0.5, 0.6) is 0 Å². The number of ether oxygens (including phenoxy) is 4. The smallest absolute Gasteiger partial charge is 0.193 e. The second-order valence-corrected chi connectivity index (χ2v) is 10.5. The molecule has 2 rings (SSSR count). The number of hydrogen-bond donors (Lipinski definition) is 3. The zero-order chi connectivity index (χ0) is 30.0. The van der Waals surface area contributed by atoms with Crippen molar-refractivity contribution in [1.29, 1.82) is 0 Å². The van der Waals surface area contributed by atoms with E-state index in [1.165, 1.54) is 27.7 Å². The number of carbonyl (C=O) groups excluding carboxylic acids is 2. The summed E-state index contributed by atoms with van der Waals surface area (Å²) < 4.78 is 21.2. The van der Waals surface area contributed by atoms with Gasteiger partial charge in [0.05, 0.1) is 59.5 Å². The zero-order valence-corrected chi connectivity index (χ0v) is 25.4. The van der Waals surface area contributed by atoms with Crippen LogP contribution in [0, 0.1) is 0 Å². The number of alkyl halides is 1. The van der Waals surface area contributed by atoms with E-state index in [0.717, 1.165) is 16.5 Å². The molecule has 9 nitrogen and oxygen atoms in total. The summed E-state index contributed by atoms with van der Waals surface area (Å²) >= 11 is 3.32. The van der Waals surface area contributed by atoms with Gasteiger partial charge in [-0.2, -0.15) is 0 Å².